The molecule has 1 aliphatic heterocycles. The molecule has 0 bridgehead atoms. The summed E-state index contributed by atoms with van der Waals surface area (Å²) in [7, 11) is 0. The minimum atomic E-state index is 0.00753. The van der Waals surface area contributed by atoms with Crippen LogP contribution in [0.2, 0.25) is 5.02 Å². The van der Waals surface area contributed by atoms with E-state index in [4.69, 9.17) is 11.6 Å². The molecule has 1 saturated heterocycles. The lowest BCUT2D eigenvalue weighted by Crippen LogP contribution is -2.41. The maximum Gasteiger partial charge on any atom is 0.270 e. The second kappa shape index (κ2) is 5.56. The second-order valence-corrected chi connectivity index (χ2v) is 6.09. The third-order valence-electron chi connectivity index (χ3n) is 3.95. The van der Waals surface area contributed by atoms with Crippen LogP contribution in [-0.2, 0) is 0 Å². The lowest BCUT2D eigenvalue weighted by atomic mass is 10.1. The number of carbonyl (C=O) groups is 1. The molecule has 0 saturated carbocycles. The predicted molar refractivity (Wildman–Crippen MR) is 81.7 cm³/mol. The highest BCUT2D eigenvalue weighted by Gasteiger charge is 2.27. The zero-order valence-electron chi connectivity index (χ0n) is 12.3. The minimum Gasteiger partial charge on any atom is -0.356 e. The summed E-state index contributed by atoms with van der Waals surface area (Å²) < 4.78 is 2.05. The van der Waals surface area contributed by atoms with Crippen LogP contribution in [-0.4, -0.2) is 38.7 Å². The Morgan fingerprint density at radius 3 is 2.86 bits per heavy atom. The number of hydrogen-bond donors (Lipinski definition) is 1. The average Bonchev–Trinajstić information content (AvgIpc) is 3.04. The van der Waals surface area contributed by atoms with Crippen molar-refractivity contribution in [1.29, 1.82) is 0 Å². The van der Waals surface area contributed by atoms with Gasteiger partial charge in [0.1, 0.15) is 5.69 Å². The minimum absolute atomic E-state index is 0.00753. The van der Waals surface area contributed by atoms with Crippen molar-refractivity contribution in [2.75, 3.05) is 13.1 Å². The molecular formula is C15H19ClN4O. The predicted octanol–water partition coefficient (Wildman–Crippen LogP) is 2.96. The summed E-state index contributed by atoms with van der Waals surface area (Å²) in [6.45, 7) is 5.53. The first-order chi connectivity index (χ1) is 10.0. The maximum atomic E-state index is 12.5. The SMILES string of the molecule is Cc1cc(C)n([C@@H]2CCCN(C(=O)c3cc(Cl)c[nH]3)C2)n1. The molecule has 3 heterocycles. The van der Waals surface area contributed by atoms with Gasteiger partial charge in [-0.05, 0) is 38.8 Å². The Hall–Kier alpha value is -1.75. The Labute approximate surface area is 128 Å². The van der Waals surface area contributed by atoms with Crippen LogP contribution in [0.15, 0.2) is 18.3 Å². The van der Waals surface area contributed by atoms with Gasteiger partial charge in [-0.2, -0.15) is 5.10 Å². The van der Waals surface area contributed by atoms with Crippen LogP contribution in [0.3, 0.4) is 0 Å². The molecule has 1 amide bonds. The van der Waals surface area contributed by atoms with Crippen molar-refractivity contribution in [2.24, 2.45) is 0 Å². The molecule has 21 heavy (non-hydrogen) atoms. The summed E-state index contributed by atoms with van der Waals surface area (Å²) in [6.07, 6.45) is 3.68. The van der Waals surface area contributed by atoms with E-state index < -0.39 is 0 Å². The van der Waals surface area contributed by atoms with Crippen molar-refractivity contribution < 1.29 is 4.79 Å². The summed E-state index contributed by atoms with van der Waals surface area (Å²) in [5.74, 6) is 0.00753. The fourth-order valence-corrected chi connectivity index (χ4v) is 3.18. The van der Waals surface area contributed by atoms with E-state index in [2.05, 4.69) is 27.8 Å². The molecule has 0 radical (unpaired) electrons. The van der Waals surface area contributed by atoms with Crippen molar-refractivity contribution in [3.63, 3.8) is 0 Å². The molecule has 3 rings (SSSR count). The fourth-order valence-electron chi connectivity index (χ4n) is 3.02. The number of aromatic nitrogens is 3. The zero-order chi connectivity index (χ0) is 15.0. The first kappa shape index (κ1) is 14.2. The van der Waals surface area contributed by atoms with Crippen LogP contribution in [0, 0.1) is 13.8 Å². The Morgan fingerprint density at radius 1 is 1.43 bits per heavy atom. The van der Waals surface area contributed by atoms with Crippen LogP contribution in [0.1, 0.15) is 40.8 Å². The number of piperidine rings is 1. The number of aryl methyl sites for hydroxylation is 2. The number of carbonyl (C=O) groups excluding carboxylic acids is 1. The number of amides is 1. The summed E-state index contributed by atoms with van der Waals surface area (Å²) in [6, 6.07) is 4.00. The maximum absolute atomic E-state index is 12.5. The molecule has 1 atom stereocenters. The lowest BCUT2D eigenvalue weighted by Gasteiger charge is -2.33. The van der Waals surface area contributed by atoms with E-state index in [-0.39, 0.29) is 11.9 Å². The van der Waals surface area contributed by atoms with Crippen LogP contribution in [0.5, 0.6) is 0 Å². The van der Waals surface area contributed by atoms with Crippen molar-refractivity contribution in [2.45, 2.75) is 32.7 Å². The van der Waals surface area contributed by atoms with Crippen LogP contribution in [0.25, 0.3) is 0 Å². The molecule has 1 N–H and O–H groups in total. The number of H-pyrrole nitrogens is 1. The lowest BCUT2D eigenvalue weighted by molar-refractivity contribution is 0.0666. The number of hydrogen-bond acceptors (Lipinski definition) is 2. The van der Waals surface area contributed by atoms with E-state index in [0.717, 1.165) is 30.8 Å². The number of nitrogens with one attached hydrogen (secondary N) is 1. The third-order valence-corrected chi connectivity index (χ3v) is 4.17. The van der Waals surface area contributed by atoms with Gasteiger partial charge in [0.25, 0.3) is 5.91 Å². The molecule has 2 aromatic rings. The Balaban J connectivity index is 1.77. The molecule has 0 spiro atoms. The van der Waals surface area contributed by atoms with E-state index in [0.29, 0.717) is 17.3 Å². The number of likely N-dealkylation sites (tertiary alicyclic amines) is 1. The molecule has 0 aliphatic carbocycles. The van der Waals surface area contributed by atoms with Gasteiger partial charge in [-0.1, -0.05) is 11.6 Å². The number of nitrogens with zero attached hydrogens (tertiary/aromatic N) is 3. The van der Waals surface area contributed by atoms with Crippen LogP contribution in [0.4, 0.5) is 0 Å². The topological polar surface area (TPSA) is 53.9 Å². The van der Waals surface area contributed by atoms with Gasteiger partial charge in [-0.15, -0.1) is 0 Å². The van der Waals surface area contributed by atoms with Gasteiger partial charge in [0.2, 0.25) is 0 Å². The molecule has 6 heteroatoms. The van der Waals surface area contributed by atoms with Crippen molar-refractivity contribution >= 4 is 17.5 Å². The first-order valence-corrected chi connectivity index (χ1v) is 7.58. The van der Waals surface area contributed by atoms with Gasteiger partial charge in [-0.25, -0.2) is 0 Å². The summed E-state index contributed by atoms with van der Waals surface area (Å²) in [5, 5.41) is 5.11. The van der Waals surface area contributed by atoms with E-state index in [1.807, 2.05) is 11.8 Å². The number of rotatable bonds is 2. The molecule has 112 valence electrons. The molecule has 0 aromatic carbocycles. The van der Waals surface area contributed by atoms with E-state index in [9.17, 15) is 4.79 Å². The molecule has 0 unspecified atom stereocenters. The van der Waals surface area contributed by atoms with Crippen molar-refractivity contribution in [3.8, 4) is 0 Å². The highest BCUT2D eigenvalue weighted by molar-refractivity contribution is 6.30. The first-order valence-electron chi connectivity index (χ1n) is 7.20. The summed E-state index contributed by atoms with van der Waals surface area (Å²) >= 11 is 5.88. The second-order valence-electron chi connectivity index (χ2n) is 5.65. The Kier molecular flexibility index (Phi) is 3.76. The van der Waals surface area contributed by atoms with Gasteiger partial charge in [0.15, 0.2) is 0 Å². The van der Waals surface area contributed by atoms with E-state index in [1.165, 1.54) is 0 Å². The number of halogens is 1. The smallest absolute Gasteiger partial charge is 0.270 e. The summed E-state index contributed by atoms with van der Waals surface area (Å²) in [4.78, 5) is 17.3. The van der Waals surface area contributed by atoms with E-state index >= 15 is 0 Å². The van der Waals surface area contributed by atoms with Gasteiger partial charge in [0.05, 0.1) is 16.8 Å². The monoisotopic (exact) mass is 306 g/mol. The molecular weight excluding hydrogens is 288 g/mol. The zero-order valence-corrected chi connectivity index (χ0v) is 13.0. The Bertz CT molecular complexity index is 660. The van der Waals surface area contributed by atoms with Gasteiger partial charge in [-0.3, -0.25) is 9.48 Å². The van der Waals surface area contributed by atoms with Crippen LogP contribution >= 0.6 is 11.6 Å². The van der Waals surface area contributed by atoms with Crippen molar-refractivity contribution in [3.05, 3.63) is 40.4 Å². The van der Waals surface area contributed by atoms with E-state index in [1.54, 1.807) is 12.3 Å². The van der Waals surface area contributed by atoms with Gasteiger partial charge in [0, 0.05) is 25.0 Å². The number of aromatic amines is 1. The van der Waals surface area contributed by atoms with Crippen LogP contribution < -0.4 is 0 Å². The summed E-state index contributed by atoms with van der Waals surface area (Å²) in [5.41, 5.74) is 2.72. The molecule has 1 aliphatic rings. The highest BCUT2D eigenvalue weighted by atomic mass is 35.5. The highest BCUT2D eigenvalue weighted by Crippen LogP contribution is 2.24. The third kappa shape index (κ3) is 2.83. The van der Waals surface area contributed by atoms with Crippen molar-refractivity contribution in [1.82, 2.24) is 19.7 Å². The average molecular weight is 307 g/mol. The van der Waals surface area contributed by atoms with Gasteiger partial charge < -0.3 is 9.88 Å². The molecule has 1 fully saturated rings. The fraction of sp³-hybridized carbons (Fsp3) is 0.467. The van der Waals surface area contributed by atoms with Gasteiger partial charge >= 0.3 is 0 Å². The largest absolute Gasteiger partial charge is 0.356 e. The molecule has 5 nitrogen and oxygen atoms in total. The standard InChI is InChI=1S/C15H19ClN4O/c1-10-6-11(2)20(18-10)13-4-3-5-19(9-13)15(21)14-7-12(16)8-17-14/h6-8,13,17H,3-5,9H2,1-2H3/t13-/m1/s1. The molecule has 2 aromatic heterocycles. The quantitative estimate of drug-likeness (QED) is 0.927. The Morgan fingerprint density at radius 2 is 2.24 bits per heavy atom. The normalized spacial score (nSPS) is 19.0.